The number of hydrogen-bond donors (Lipinski definition) is 0. The van der Waals surface area contributed by atoms with Crippen molar-refractivity contribution < 1.29 is 9.47 Å². The molecule has 0 spiro atoms. The molecule has 0 unspecified atom stereocenters. The lowest BCUT2D eigenvalue weighted by molar-refractivity contribution is 0.116. The fourth-order valence-electron chi connectivity index (χ4n) is 3.23. The molecule has 0 aromatic heterocycles. The van der Waals surface area contributed by atoms with Crippen molar-refractivity contribution in [2.75, 3.05) is 13.2 Å². The van der Waals surface area contributed by atoms with E-state index in [-0.39, 0.29) is 0 Å². The van der Waals surface area contributed by atoms with Gasteiger partial charge in [0.1, 0.15) is 0 Å². The van der Waals surface area contributed by atoms with Crippen LogP contribution in [0.1, 0.15) is 76.3 Å². The van der Waals surface area contributed by atoms with Crippen LogP contribution in [0.5, 0.6) is 0 Å². The van der Waals surface area contributed by atoms with Gasteiger partial charge in [-0.3, -0.25) is 0 Å². The predicted octanol–water partition coefficient (Wildman–Crippen LogP) is 7.55. The maximum Gasteiger partial charge on any atom is 0.0716 e. The van der Waals surface area contributed by atoms with E-state index in [1.807, 2.05) is 0 Å². The molecular formula is C26H38O2. The van der Waals surface area contributed by atoms with E-state index in [9.17, 15) is 0 Å². The van der Waals surface area contributed by atoms with E-state index in [1.54, 1.807) is 0 Å². The largest absolute Gasteiger partial charge is 0.377 e. The van der Waals surface area contributed by atoms with Gasteiger partial charge in [-0.15, -0.1) is 0 Å². The molecule has 0 bridgehead atoms. The van der Waals surface area contributed by atoms with E-state index < -0.39 is 0 Å². The van der Waals surface area contributed by atoms with Crippen LogP contribution in [0.2, 0.25) is 0 Å². The molecule has 0 amide bonds. The number of benzene rings is 2. The van der Waals surface area contributed by atoms with E-state index in [2.05, 4.69) is 62.4 Å². The average Bonchev–Trinajstić information content (AvgIpc) is 2.74. The highest BCUT2D eigenvalue weighted by molar-refractivity contribution is 5.63. The molecule has 2 nitrogen and oxygen atoms in total. The van der Waals surface area contributed by atoms with Gasteiger partial charge in [-0.2, -0.15) is 0 Å². The van der Waals surface area contributed by atoms with Gasteiger partial charge in [0.25, 0.3) is 0 Å². The SMILES string of the molecule is CCCCCCOCc1ccc(-c2ccc(COCCCCCC)cc2)cc1. The van der Waals surface area contributed by atoms with Crippen LogP contribution in [-0.2, 0) is 22.7 Å². The van der Waals surface area contributed by atoms with E-state index in [1.165, 1.54) is 73.6 Å². The van der Waals surface area contributed by atoms with Crippen molar-refractivity contribution >= 4 is 0 Å². The van der Waals surface area contributed by atoms with Crippen LogP contribution in [0.3, 0.4) is 0 Å². The van der Waals surface area contributed by atoms with Crippen molar-refractivity contribution in [1.82, 2.24) is 0 Å². The molecule has 0 aliphatic rings. The number of rotatable bonds is 15. The number of hydrogen-bond acceptors (Lipinski definition) is 2. The minimum Gasteiger partial charge on any atom is -0.377 e. The lowest BCUT2D eigenvalue weighted by Gasteiger charge is -2.08. The summed E-state index contributed by atoms with van der Waals surface area (Å²) in [5.74, 6) is 0. The van der Waals surface area contributed by atoms with Crippen molar-refractivity contribution in [3.05, 3.63) is 59.7 Å². The summed E-state index contributed by atoms with van der Waals surface area (Å²) in [5, 5.41) is 0. The van der Waals surface area contributed by atoms with E-state index in [4.69, 9.17) is 9.47 Å². The third kappa shape index (κ3) is 9.03. The van der Waals surface area contributed by atoms with Gasteiger partial charge in [-0.1, -0.05) is 101 Å². The maximum absolute atomic E-state index is 5.78. The molecule has 0 atom stereocenters. The summed E-state index contributed by atoms with van der Waals surface area (Å²) < 4.78 is 11.6. The van der Waals surface area contributed by atoms with Gasteiger partial charge < -0.3 is 9.47 Å². The quantitative estimate of drug-likeness (QED) is 0.296. The summed E-state index contributed by atoms with van der Waals surface area (Å²) in [5.41, 5.74) is 4.98. The fraction of sp³-hybridized carbons (Fsp3) is 0.538. The topological polar surface area (TPSA) is 18.5 Å². The summed E-state index contributed by atoms with van der Waals surface area (Å²) in [6.45, 7) is 7.62. The van der Waals surface area contributed by atoms with Crippen LogP contribution in [0, 0.1) is 0 Å². The highest BCUT2D eigenvalue weighted by Crippen LogP contribution is 2.21. The molecule has 0 fully saturated rings. The molecule has 0 N–H and O–H groups in total. The highest BCUT2D eigenvalue weighted by atomic mass is 16.5. The maximum atomic E-state index is 5.78. The van der Waals surface area contributed by atoms with Crippen LogP contribution in [0.4, 0.5) is 0 Å². The van der Waals surface area contributed by atoms with Crippen molar-refractivity contribution in [3.8, 4) is 11.1 Å². The Hall–Kier alpha value is -1.64. The molecule has 0 radical (unpaired) electrons. The lowest BCUT2D eigenvalue weighted by atomic mass is 10.0. The standard InChI is InChI=1S/C26H38O2/c1-3-5-7-9-19-27-21-23-11-15-25(16-12-23)26-17-13-24(14-18-26)22-28-20-10-8-6-4-2/h11-18H,3-10,19-22H2,1-2H3. The summed E-state index contributed by atoms with van der Waals surface area (Å²) in [6.07, 6.45) is 10.0. The molecule has 2 aromatic carbocycles. The smallest absolute Gasteiger partial charge is 0.0716 e. The lowest BCUT2D eigenvalue weighted by Crippen LogP contribution is -1.96. The van der Waals surface area contributed by atoms with Gasteiger partial charge in [0.2, 0.25) is 0 Å². The van der Waals surface area contributed by atoms with Crippen LogP contribution in [-0.4, -0.2) is 13.2 Å². The first-order chi connectivity index (χ1) is 13.8. The van der Waals surface area contributed by atoms with E-state index >= 15 is 0 Å². The Labute approximate surface area is 172 Å². The number of unbranched alkanes of at least 4 members (excludes halogenated alkanes) is 6. The van der Waals surface area contributed by atoms with Gasteiger partial charge in [-0.25, -0.2) is 0 Å². The first kappa shape index (κ1) is 22.6. The zero-order chi connectivity index (χ0) is 19.9. The predicted molar refractivity (Wildman–Crippen MR) is 119 cm³/mol. The summed E-state index contributed by atoms with van der Waals surface area (Å²) in [6, 6.07) is 17.5. The average molecular weight is 383 g/mol. The molecule has 0 saturated heterocycles. The molecule has 2 aromatic rings. The molecular weight excluding hydrogens is 344 g/mol. The normalized spacial score (nSPS) is 11.1. The first-order valence-corrected chi connectivity index (χ1v) is 11.2. The van der Waals surface area contributed by atoms with Gasteiger partial charge in [-0.05, 0) is 35.1 Å². The van der Waals surface area contributed by atoms with E-state index in [0.29, 0.717) is 13.2 Å². The van der Waals surface area contributed by atoms with E-state index in [0.717, 1.165) is 13.2 Å². The van der Waals surface area contributed by atoms with Crippen LogP contribution in [0.15, 0.2) is 48.5 Å². The molecule has 0 aliphatic carbocycles. The molecule has 0 aliphatic heterocycles. The summed E-state index contributed by atoms with van der Waals surface area (Å²) in [7, 11) is 0. The summed E-state index contributed by atoms with van der Waals surface area (Å²) >= 11 is 0. The van der Waals surface area contributed by atoms with Gasteiger partial charge in [0.15, 0.2) is 0 Å². The van der Waals surface area contributed by atoms with Crippen LogP contribution >= 0.6 is 0 Å². The monoisotopic (exact) mass is 382 g/mol. The minimum atomic E-state index is 0.709. The molecule has 2 heteroatoms. The van der Waals surface area contributed by atoms with Crippen molar-refractivity contribution in [2.24, 2.45) is 0 Å². The zero-order valence-corrected chi connectivity index (χ0v) is 17.9. The highest BCUT2D eigenvalue weighted by Gasteiger charge is 2.00. The second kappa shape index (κ2) is 14.4. The Morgan fingerprint density at radius 1 is 0.500 bits per heavy atom. The van der Waals surface area contributed by atoms with Crippen molar-refractivity contribution in [2.45, 2.75) is 78.4 Å². The van der Waals surface area contributed by atoms with Gasteiger partial charge >= 0.3 is 0 Å². The Morgan fingerprint density at radius 3 is 1.25 bits per heavy atom. The van der Waals surface area contributed by atoms with Crippen molar-refractivity contribution in [1.29, 1.82) is 0 Å². The third-order valence-electron chi connectivity index (χ3n) is 5.06. The van der Waals surface area contributed by atoms with Crippen LogP contribution in [0.25, 0.3) is 11.1 Å². The molecule has 154 valence electrons. The Kier molecular flexibility index (Phi) is 11.6. The first-order valence-electron chi connectivity index (χ1n) is 11.2. The summed E-state index contributed by atoms with van der Waals surface area (Å²) in [4.78, 5) is 0. The third-order valence-corrected chi connectivity index (χ3v) is 5.06. The number of ether oxygens (including phenoxy) is 2. The second-order valence-corrected chi connectivity index (χ2v) is 7.62. The fourth-order valence-corrected chi connectivity index (χ4v) is 3.23. The molecule has 0 heterocycles. The van der Waals surface area contributed by atoms with Gasteiger partial charge in [0.05, 0.1) is 13.2 Å². The Morgan fingerprint density at radius 2 is 0.893 bits per heavy atom. The van der Waals surface area contributed by atoms with Crippen LogP contribution < -0.4 is 0 Å². The van der Waals surface area contributed by atoms with Gasteiger partial charge in [0, 0.05) is 13.2 Å². The Bertz CT molecular complexity index is 558. The van der Waals surface area contributed by atoms with Crippen molar-refractivity contribution in [3.63, 3.8) is 0 Å². The Balaban J connectivity index is 1.71. The zero-order valence-electron chi connectivity index (χ0n) is 17.9. The minimum absolute atomic E-state index is 0.709. The second-order valence-electron chi connectivity index (χ2n) is 7.62. The molecule has 28 heavy (non-hydrogen) atoms. The molecule has 2 rings (SSSR count). The molecule has 0 saturated carbocycles.